The first-order valence-electron chi connectivity index (χ1n) is 5.89. The number of carboxylic acids is 1. The fraction of sp³-hybridized carbons (Fsp3) is 0.0667. The number of hydrogen-bond acceptors (Lipinski definition) is 3. The molecule has 0 spiro atoms. The predicted octanol–water partition coefficient (Wildman–Crippen LogP) is 4.23. The summed E-state index contributed by atoms with van der Waals surface area (Å²) >= 11 is 5.07. The minimum atomic E-state index is -0.945. The number of thioether (sulfide) groups is 1. The Morgan fingerprint density at radius 3 is 2.85 bits per heavy atom. The maximum Gasteiger partial charge on any atom is 0.328 e. The van der Waals surface area contributed by atoms with E-state index < -0.39 is 5.97 Å². The normalized spacial score (nSPS) is 10.8. The van der Waals surface area contributed by atoms with Crippen LogP contribution in [0.4, 0.5) is 0 Å². The van der Waals surface area contributed by atoms with Crippen molar-refractivity contribution in [2.24, 2.45) is 0 Å². The van der Waals surface area contributed by atoms with Crippen LogP contribution >= 0.6 is 27.7 Å². The summed E-state index contributed by atoms with van der Waals surface area (Å²) in [4.78, 5) is 14.9. The molecule has 5 heteroatoms. The molecule has 0 radical (unpaired) electrons. The van der Waals surface area contributed by atoms with E-state index in [-0.39, 0.29) is 0 Å². The van der Waals surface area contributed by atoms with E-state index >= 15 is 0 Å². The number of aromatic nitrogens is 1. The molecule has 0 unspecified atom stereocenters. The third-order valence-electron chi connectivity index (χ3n) is 2.55. The molecule has 1 aromatic carbocycles. The molecule has 0 saturated carbocycles. The zero-order valence-corrected chi connectivity index (χ0v) is 12.9. The first-order valence-corrected chi connectivity index (χ1v) is 7.67. The smallest absolute Gasteiger partial charge is 0.328 e. The van der Waals surface area contributed by atoms with Crippen molar-refractivity contribution in [2.75, 3.05) is 0 Å². The number of pyridine rings is 1. The summed E-state index contributed by atoms with van der Waals surface area (Å²) in [6, 6.07) is 11.6. The fourth-order valence-corrected chi connectivity index (χ4v) is 3.11. The van der Waals surface area contributed by atoms with Crippen molar-refractivity contribution in [2.45, 2.75) is 10.8 Å². The molecule has 0 aliphatic rings. The lowest BCUT2D eigenvalue weighted by atomic mass is 10.1. The molecule has 2 aromatic rings. The van der Waals surface area contributed by atoms with Gasteiger partial charge in [0.1, 0.15) is 5.03 Å². The summed E-state index contributed by atoms with van der Waals surface area (Å²) in [6.07, 6.45) is 4.52. The van der Waals surface area contributed by atoms with E-state index in [0.29, 0.717) is 0 Å². The molecule has 0 atom stereocenters. The topological polar surface area (TPSA) is 50.2 Å². The minimum Gasteiger partial charge on any atom is -0.478 e. The zero-order chi connectivity index (χ0) is 14.4. The number of halogens is 1. The molecule has 2 rings (SSSR count). The number of rotatable bonds is 5. The van der Waals surface area contributed by atoms with Crippen LogP contribution in [0.5, 0.6) is 0 Å². The number of hydrogen-bond donors (Lipinski definition) is 1. The molecular formula is C15H12BrNO2S. The van der Waals surface area contributed by atoms with Gasteiger partial charge >= 0.3 is 5.97 Å². The highest BCUT2D eigenvalue weighted by molar-refractivity contribution is 9.10. The lowest BCUT2D eigenvalue weighted by molar-refractivity contribution is -0.131. The minimum absolute atomic E-state index is 0.732. The van der Waals surface area contributed by atoms with Gasteiger partial charge in [0.25, 0.3) is 0 Å². The second-order valence-corrected chi connectivity index (χ2v) is 5.77. The van der Waals surface area contributed by atoms with E-state index in [1.165, 1.54) is 0 Å². The molecule has 0 aliphatic heterocycles. The van der Waals surface area contributed by atoms with Crippen LogP contribution in [0.2, 0.25) is 0 Å². The molecule has 0 saturated heterocycles. The van der Waals surface area contributed by atoms with E-state index in [1.807, 2.05) is 36.4 Å². The fourth-order valence-electron chi connectivity index (χ4n) is 1.61. The Kier molecular flexibility index (Phi) is 5.38. The largest absolute Gasteiger partial charge is 0.478 e. The maximum absolute atomic E-state index is 10.6. The van der Waals surface area contributed by atoms with Crippen LogP contribution in [-0.2, 0) is 10.5 Å². The molecule has 0 aliphatic carbocycles. The van der Waals surface area contributed by atoms with E-state index in [1.54, 1.807) is 24.0 Å². The molecule has 102 valence electrons. The Hall–Kier alpha value is -1.59. The molecular weight excluding hydrogens is 338 g/mol. The molecule has 1 aromatic heterocycles. The van der Waals surface area contributed by atoms with Crippen LogP contribution < -0.4 is 0 Å². The average molecular weight is 350 g/mol. The van der Waals surface area contributed by atoms with Gasteiger partial charge in [-0.05, 0) is 45.3 Å². The van der Waals surface area contributed by atoms with Crippen LogP contribution in [0.3, 0.4) is 0 Å². The SMILES string of the molecule is O=C(O)C=Cc1ccccc1CSc1ncccc1Br. The van der Waals surface area contributed by atoms with Gasteiger partial charge in [0, 0.05) is 22.5 Å². The van der Waals surface area contributed by atoms with Gasteiger partial charge in [0.15, 0.2) is 0 Å². The second-order valence-electron chi connectivity index (χ2n) is 3.95. The van der Waals surface area contributed by atoms with Crippen molar-refractivity contribution in [3.63, 3.8) is 0 Å². The van der Waals surface area contributed by atoms with Crippen LogP contribution in [0.1, 0.15) is 11.1 Å². The van der Waals surface area contributed by atoms with Crippen molar-refractivity contribution < 1.29 is 9.90 Å². The molecule has 1 N–H and O–H groups in total. The maximum atomic E-state index is 10.6. The summed E-state index contributed by atoms with van der Waals surface area (Å²) in [5, 5.41) is 9.62. The van der Waals surface area contributed by atoms with Gasteiger partial charge in [-0.2, -0.15) is 0 Å². The summed E-state index contributed by atoms with van der Waals surface area (Å²) in [5.41, 5.74) is 1.99. The average Bonchev–Trinajstić information content (AvgIpc) is 2.45. The Balaban J connectivity index is 2.14. The third kappa shape index (κ3) is 4.21. The van der Waals surface area contributed by atoms with Gasteiger partial charge in [0.05, 0.1) is 0 Å². The molecule has 0 bridgehead atoms. The monoisotopic (exact) mass is 349 g/mol. The number of nitrogens with zero attached hydrogens (tertiary/aromatic N) is 1. The second kappa shape index (κ2) is 7.26. The number of carbonyl (C=O) groups is 1. The summed E-state index contributed by atoms with van der Waals surface area (Å²) < 4.78 is 0.962. The molecule has 1 heterocycles. The quantitative estimate of drug-likeness (QED) is 0.648. The summed E-state index contributed by atoms with van der Waals surface area (Å²) in [7, 11) is 0. The lowest BCUT2D eigenvalue weighted by Crippen LogP contribution is -1.90. The van der Waals surface area contributed by atoms with Gasteiger partial charge in [-0.1, -0.05) is 24.3 Å². The molecule has 20 heavy (non-hydrogen) atoms. The van der Waals surface area contributed by atoms with Gasteiger partial charge in [-0.15, -0.1) is 11.8 Å². The molecule has 0 fully saturated rings. The zero-order valence-electron chi connectivity index (χ0n) is 10.5. The molecule has 0 amide bonds. The first-order chi connectivity index (χ1) is 9.66. The predicted molar refractivity (Wildman–Crippen MR) is 84.6 cm³/mol. The van der Waals surface area contributed by atoms with Crippen molar-refractivity contribution in [1.29, 1.82) is 0 Å². The van der Waals surface area contributed by atoms with E-state index in [0.717, 1.165) is 32.5 Å². The van der Waals surface area contributed by atoms with Gasteiger partial charge in [0.2, 0.25) is 0 Å². The highest BCUT2D eigenvalue weighted by atomic mass is 79.9. The van der Waals surface area contributed by atoms with Crippen molar-refractivity contribution >= 4 is 39.7 Å². The first kappa shape index (κ1) is 14.8. The van der Waals surface area contributed by atoms with E-state index in [4.69, 9.17) is 5.11 Å². The summed E-state index contributed by atoms with van der Waals surface area (Å²) in [5.74, 6) is -0.213. The number of carboxylic acid groups (broad SMARTS) is 1. The van der Waals surface area contributed by atoms with Crippen LogP contribution in [0.25, 0.3) is 6.08 Å². The highest BCUT2D eigenvalue weighted by Gasteiger charge is 2.04. The Labute approximate surface area is 129 Å². The van der Waals surface area contributed by atoms with Crippen LogP contribution in [-0.4, -0.2) is 16.1 Å². The van der Waals surface area contributed by atoms with Crippen molar-refractivity contribution in [1.82, 2.24) is 4.98 Å². The van der Waals surface area contributed by atoms with Gasteiger partial charge in [-0.3, -0.25) is 0 Å². The third-order valence-corrected chi connectivity index (χ3v) is 4.51. The van der Waals surface area contributed by atoms with Crippen LogP contribution in [0.15, 0.2) is 58.2 Å². The summed E-state index contributed by atoms with van der Waals surface area (Å²) in [6.45, 7) is 0. The van der Waals surface area contributed by atoms with Crippen molar-refractivity contribution in [3.8, 4) is 0 Å². The van der Waals surface area contributed by atoms with Crippen LogP contribution in [0, 0.1) is 0 Å². The molecule has 3 nitrogen and oxygen atoms in total. The Morgan fingerprint density at radius 2 is 2.10 bits per heavy atom. The van der Waals surface area contributed by atoms with Gasteiger partial charge < -0.3 is 5.11 Å². The van der Waals surface area contributed by atoms with Gasteiger partial charge in [-0.25, -0.2) is 9.78 Å². The highest BCUT2D eigenvalue weighted by Crippen LogP contribution is 2.28. The van der Waals surface area contributed by atoms with E-state index in [2.05, 4.69) is 20.9 Å². The lowest BCUT2D eigenvalue weighted by Gasteiger charge is -2.06. The Bertz CT molecular complexity index is 643. The number of benzene rings is 1. The van der Waals surface area contributed by atoms with Crippen molar-refractivity contribution in [3.05, 3.63) is 64.3 Å². The standard InChI is InChI=1S/C15H12BrNO2S/c16-13-6-3-9-17-15(13)20-10-12-5-2-1-4-11(12)7-8-14(18)19/h1-9H,10H2,(H,18,19). The Morgan fingerprint density at radius 1 is 1.30 bits per heavy atom. The van der Waals surface area contributed by atoms with E-state index in [9.17, 15) is 4.79 Å². The number of aliphatic carboxylic acids is 1.